The summed E-state index contributed by atoms with van der Waals surface area (Å²) in [6.45, 7) is 17.4. The predicted octanol–water partition coefficient (Wildman–Crippen LogP) is 6.10. The normalized spacial score (nSPS) is 28.0. The molecule has 0 aromatic heterocycles. The summed E-state index contributed by atoms with van der Waals surface area (Å²) in [5.41, 5.74) is -0.891. The van der Waals surface area contributed by atoms with Crippen molar-refractivity contribution in [2.45, 2.75) is 122 Å². The number of hydrogen-bond donors (Lipinski definition) is 1. The Labute approximate surface area is 243 Å². The van der Waals surface area contributed by atoms with Gasteiger partial charge < -0.3 is 19.0 Å². The fraction of sp³-hybridized carbons (Fsp3) is 0.625. The third kappa shape index (κ3) is 5.25. The molecule has 4 atom stereocenters. The van der Waals surface area contributed by atoms with Gasteiger partial charge in [0.25, 0.3) is 0 Å². The summed E-state index contributed by atoms with van der Waals surface area (Å²) >= 11 is 0. The van der Waals surface area contributed by atoms with E-state index in [1.807, 2.05) is 6.92 Å². The first-order chi connectivity index (χ1) is 19.0. The summed E-state index contributed by atoms with van der Waals surface area (Å²) in [5.74, 6) is -2.47. The van der Waals surface area contributed by atoms with Crippen LogP contribution in [0.25, 0.3) is 0 Å². The topological polar surface area (TPSA) is 116 Å². The molecule has 1 saturated carbocycles. The van der Waals surface area contributed by atoms with Crippen LogP contribution in [0.4, 0.5) is 0 Å². The number of fused-ring (bicyclic) bond motifs is 3. The summed E-state index contributed by atoms with van der Waals surface area (Å²) < 4.78 is 18.4. The molecule has 1 aromatic carbocycles. The van der Waals surface area contributed by atoms with Crippen molar-refractivity contribution in [3.05, 3.63) is 40.5 Å². The van der Waals surface area contributed by atoms with Crippen LogP contribution in [0.3, 0.4) is 0 Å². The van der Waals surface area contributed by atoms with Crippen molar-refractivity contribution in [3.63, 3.8) is 0 Å². The maximum atomic E-state index is 14.3. The first-order valence-corrected chi connectivity index (χ1v) is 16.8. The van der Waals surface area contributed by atoms with E-state index in [1.54, 1.807) is 12.1 Å². The van der Waals surface area contributed by atoms with Crippen LogP contribution in [0, 0.1) is 5.92 Å². The molecule has 3 aliphatic carbocycles. The van der Waals surface area contributed by atoms with E-state index in [4.69, 9.17) is 13.9 Å². The number of hydrogen-bond acceptors (Lipinski definition) is 8. The van der Waals surface area contributed by atoms with Crippen LogP contribution in [0.5, 0.6) is 5.75 Å². The smallest absolute Gasteiger partial charge is 0.308 e. The van der Waals surface area contributed by atoms with Crippen LogP contribution in [0.15, 0.2) is 29.3 Å². The van der Waals surface area contributed by atoms with Crippen LogP contribution in [0.1, 0.15) is 109 Å². The molecule has 0 aliphatic heterocycles. The standard InChI is InChI=1S/C32H44O8Si/c1-17(2)41(18(3)4,19(5)6)40-25-15-31(9,39-21(8)34)16-32(37)14-13-23-27(28(25)32)30(36)22-11-10-12-24(38-20(7)33)26(22)29(23)35/h10-12,17-19,25,28,37H,13-16H2,1-9H3/t25-,28-,31+,32+/m1/s1. The number of Topliss-reactive ketones (excluding diaryl/α,β-unsaturated/α-hetero) is 2. The summed E-state index contributed by atoms with van der Waals surface area (Å²) in [6, 6.07) is 4.67. The highest BCUT2D eigenvalue weighted by Crippen LogP contribution is 2.56. The molecule has 0 saturated heterocycles. The Hall–Kier alpha value is -2.62. The van der Waals surface area contributed by atoms with E-state index in [1.165, 1.54) is 19.9 Å². The Kier molecular flexibility index (Phi) is 8.32. The molecule has 0 spiro atoms. The molecule has 0 unspecified atom stereocenters. The Morgan fingerprint density at radius 1 is 0.976 bits per heavy atom. The maximum Gasteiger partial charge on any atom is 0.308 e. The Bertz CT molecular complexity index is 1290. The highest BCUT2D eigenvalue weighted by molar-refractivity contribution is 6.77. The number of ether oxygens (including phenoxy) is 2. The zero-order valence-corrected chi connectivity index (χ0v) is 26.8. The van der Waals surface area contributed by atoms with Gasteiger partial charge in [0, 0.05) is 49.3 Å². The van der Waals surface area contributed by atoms with Gasteiger partial charge in [0.1, 0.15) is 11.4 Å². The Morgan fingerprint density at radius 2 is 1.59 bits per heavy atom. The van der Waals surface area contributed by atoms with Crippen molar-refractivity contribution in [2.24, 2.45) is 5.92 Å². The van der Waals surface area contributed by atoms with Gasteiger partial charge in [-0.3, -0.25) is 19.2 Å². The number of esters is 2. The molecule has 3 aliphatic rings. The predicted molar refractivity (Wildman–Crippen MR) is 156 cm³/mol. The number of benzene rings is 1. The summed E-state index contributed by atoms with van der Waals surface area (Å²) in [5, 5.41) is 12.4. The minimum absolute atomic E-state index is 0.0606. The molecule has 0 bridgehead atoms. The number of rotatable bonds is 7. The van der Waals surface area contributed by atoms with Crippen molar-refractivity contribution >= 4 is 31.8 Å². The molecule has 1 aromatic rings. The van der Waals surface area contributed by atoms with E-state index in [-0.39, 0.29) is 69.9 Å². The first kappa shape index (κ1) is 31.3. The zero-order chi connectivity index (χ0) is 30.7. The molecule has 1 N–H and O–H groups in total. The van der Waals surface area contributed by atoms with Gasteiger partial charge in [0.15, 0.2) is 11.6 Å². The average molecular weight is 585 g/mol. The Balaban J connectivity index is 1.92. The van der Waals surface area contributed by atoms with E-state index in [0.29, 0.717) is 12.0 Å². The molecule has 0 heterocycles. The second kappa shape index (κ2) is 10.9. The van der Waals surface area contributed by atoms with Crippen molar-refractivity contribution in [1.29, 1.82) is 0 Å². The number of carbonyl (C=O) groups excluding carboxylic acids is 4. The van der Waals surface area contributed by atoms with Gasteiger partial charge in [-0.2, -0.15) is 0 Å². The lowest BCUT2D eigenvalue weighted by Crippen LogP contribution is -2.64. The molecule has 0 amide bonds. The SMILES string of the molecule is CC(=O)Oc1cccc2c1C(=O)C1=C(C2=O)[C@H]2[C@H](O[Si](C(C)C)(C(C)C)C(C)C)C[C@](C)(OC(C)=O)C[C@@]2(O)CC1. The van der Waals surface area contributed by atoms with Gasteiger partial charge in [0.05, 0.1) is 17.3 Å². The maximum absolute atomic E-state index is 14.3. The quantitative estimate of drug-likeness (QED) is 0.232. The summed E-state index contributed by atoms with van der Waals surface area (Å²) in [4.78, 5) is 52.2. The van der Waals surface area contributed by atoms with Crippen LogP contribution in [-0.2, 0) is 18.8 Å². The van der Waals surface area contributed by atoms with Gasteiger partial charge in [-0.15, -0.1) is 0 Å². The number of allylic oxidation sites excluding steroid dienone is 1. The number of ketones is 2. The molecular formula is C32H44O8Si. The zero-order valence-electron chi connectivity index (χ0n) is 25.8. The van der Waals surface area contributed by atoms with Crippen molar-refractivity contribution in [3.8, 4) is 5.75 Å². The molecule has 4 rings (SSSR count). The monoisotopic (exact) mass is 584 g/mol. The lowest BCUT2D eigenvalue weighted by Gasteiger charge is -2.57. The molecule has 8 nitrogen and oxygen atoms in total. The lowest BCUT2D eigenvalue weighted by molar-refractivity contribution is -0.191. The van der Waals surface area contributed by atoms with Crippen LogP contribution in [-0.4, -0.2) is 54.2 Å². The molecular weight excluding hydrogens is 540 g/mol. The fourth-order valence-electron chi connectivity index (χ4n) is 8.29. The van der Waals surface area contributed by atoms with Gasteiger partial charge in [-0.25, -0.2) is 0 Å². The fourth-order valence-corrected chi connectivity index (χ4v) is 13.9. The highest BCUT2D eigenvalue weighted by Gasteiger charge is 2.61. The van der Waals surface area contributed by atoms with Crippen molar-refractivity contribution < 1.29 is 38.2 Å². The third-order valence-electron chi connectivity index (χ3n) is 9.43. The minimum Gasteiger partial charge on any atom is -0.459 e. The summed E-state index contributed by atoms with van der Waals surface area (Å²) in [6.07, 6.45) is 0.139. The van der Waals surface area contributed by atoms with E-state index in [2.05, 4.69) is 41.5 Å². The second-order valence-corrected chi connectivity index (χ2v) is 18.7. The van der Waals surface area contributed by atoms with E-state index in [9.17, 15) is 24.3 Å². The minimum atomic E-state index is -2.55. The number of aliphatic hydroxyl groups is 1. The van der Waals surface area contributed by atoms with E-state index in [0.717, 1.165) is 0 Å². The molecule has 1 fully saturated rings. The van der Waals surface area contributed by atoms with Gasteiger partial charge in [-0.1, -0.05) is 53.7 Å². The first-order valence-electron chi connectivity index (χ1n) is 14.7. The van der Waals surface area contributed by atoms with E-state index < -0.39 is 43.5 Å². The summed E-state index contributed by atoms with van der Waals surface area (Å²) in [7, 11) is -2.55. The molecule has 224 valence electrons. The second-order valence-electron chi connectivity index (χ2n) is 13.3. The molecule has 41 heavy (non-hydrogen) atoms. The van der Waals surface area contributed by atoms with Gasteiger partial charge in [0.2, 0.25) is 8.32 Å². The molecule has 9 heteroatoms. The number of carbonyl (C=O) groups is 4. The average Bonchev–Trinajstić information content (AvgIpc) is 2.82. The Morgan fingerprint density at radius 3 is 2.12 bits per heavy atom. The highest BCUT2D eigenvalue weighted by atomic mass is 28.4. The molecule has 0 radical (unpaired) electrons. The third-order valence-corrected chi connectivity index (χ3v) is 15.6. The van der Waals surface area contributed by atoms with Gasteiger partial charge >= 0.3 is 11.9 Å². The van der Waals surface area contributed by atoms with Crippen LogP contribution < -0.4 is 4.74 Å². The van der Waals surface area contributed by atoms with Gasteiger partial charge in [-0.05, 0) is 42.5 Å². The largest absolute Gasteiger partial charge is 0.459 e. The van der Waals surface area contributed by atoms with Crippen molar-refractivity contribution in [1.82, 2.24) is 0 Å². The lowest BCUT2D eigenvalue weighted by atomic mass is 9.57. The van der Waals surface area contributed by atoms with Crippen LogP contribution >= 0.6 is 0 Å². The van der Waals surface area contributed by atoms with E-state index >= 15 is 0 Å². The van der Waals surface area contributed by atoms with Crippen molar-refractivity contribution in [2.75, 3.05) is 0 Å². The van der Waals surface area contributed by atoms with Crippen LogP contribution in [0.2, 0.25) is 16.6 Å².